The van der Waals surface area contributed by atoms with E-state index in [4.69, 9.17) is 5.73 Å². The minimum Gasteiger partial charge on any atom is -0.326 e. The fraction of sp³-hybridized carbons (Fsp3) is 0.294. The van der Waals surface area contributed by atoms with Gasteiger partial charge in [-0.2, -0.15) is 0 Å². The molecule has 0 aromatic heterocycles. The van der Waals surface area contributed by atoms with Crippen LogP contribution in [0.15, 0.2) is 42.5 Å². The van der Waals surface area contributed by atoms with Crippen molar-refractivity contribution >= 4 is 0 Å². The minimum atomic E-state index is 0.607. The van der Waals surface area contributed by atoms with Crippen LogP contribution in [0, 0.1) is 0 Å². The van der Waals surface area contributed by atoms with E-state index in [9.17, 15) is 0 Å². The monoisotopic (exact) mass is 239 g/mol. The summed E-state index contributed by atoms with van der Waals surface area (Å²) in [6.07, 6.45) is 2.15. The molecular weight excluding hydrogens is 218 g/mol. The lowest BCUT2D eigenvalue weighted by molar-refractivity contribution is 1.07. The third-order valence-electron chi connectivity index (χ3n) is 3.46. The Morgan fingerprint density at radius 2 is 1.50 bits per heavy atom. The Balaban J connectivity index is 2.46. The van der Waals surface area contributed by atoms with E-state index in [0.717, 1.165) is 12.8 Å². The highest BCUT2D eigenvalue weighted by atomic mass is 14.5. The van der Waals surface area contributed by atoms with Crippen LogP contribution < -0.4 is 5.73 Å². The van der Waals surface area contributed by atoms with E-state index in [0.29, 0.717) is 6.54 Å². The molecule has 0 bridgehead atoms. The fourth-order valence-electron chi connectivity index (χ4n) is 2.24. The number of hydrogen-bond donors (Lipinski definition) is 1. The Morgan fingerprint density at radius 1 is 0.833 bits per heavy atom. The Labute approximate surface area is 110 Å². The topological polar surface area (TPSA) is 26.0 Å². The van der Waals surface area contributed by atoms with E-state index in [2.05, 4.69) is 56.3 Å². The SMILES string of the molecule is CCc1ccc(CC)c(-c2ccc(CN)cc2)c1. The molecule has 0 radical (unpaired) electrons. The lowest BCUT2D eigenvalue weighted by Gasteiger charge is -2.11. The molecule has 1 nitrogen and oxygen atoms in total. The second kappa shape index (κ2) is 5.83. The molecule has 94 valence electrons. The van der Waals surface area contributed by atoms with Crippen molar-refractivity contribution in [3.05, 3.63) is 59.2 Å². The molecule has 0 fully saturated rings. The van der Waals surface area contributed by atoms with Gasteiger partial charge in [0.15, 0.2) is 0 Å². The van der Waals surface area contributed by atoms with Crippen LogP contribution in [-0.4, -0.2) is 0 Å². The number of hydrogen-bond acceptors (Lipinski definition) is 1. The first-order chi connectivity index (χ1) is 8.78. The van der Waals surface area contributed by atoms with Crippen LogP contribution in [0.3, 0.4) is 0 Å². The van der Waals surface area contributed by atoms with Crippen LogP contribution in [0.2, 0.25) is 0 Å². The third kappa shape index (κ3) is 2.62. The van der Waals surface area contributed by atoms with Gasteiger partial charge in [-0.1, -0.05) is 56.3 Å². The van der Waals surface area contributed by atoms with E-state index in [1.54, 1.807) is 0 Å². The van der Waals surface area contributed by atoms with Gasteiger partial charge in [0.2, 0.25) is 0 Å². The Kier molecular flexibility index (Phi) is 4.16. The van der Waals surface area contributed by atoms with E-state index in [-0.39, 0.29) is 0 Å². The van der Waals surface area contributed by atoms with Crippen LogP contribution >= 0.6 is 0 Å². The molecule has 0 aliphatic heterocycles. The predicted molar refractivity (Wildman–Crippen MR) is 78.5 cm³/mol. The van der Waals surface area contributed by atoms with Gasteiger partial charge in [-0.15, -0.1) is 0 Å². The molecule has 0 aliphatic carbocycles. The van der Waals surface area contributed by atoms with E-state index < -0.39 is 0 Å². The van der Waals surface area contributed by atoms with Gasteiger partial charge in [0, 0.05) is 6.54 Å². The summed E-state index contributed by atoms with van der Waals surface area (Å²) >= 11 is 0. The zero-order valence-electron chi connectivity index (χ0n) is 11.2. The van der Waals surface area contributed by atoms with Crippen LogP contribution in [0.1, 0.15) is 30.5 Å². The molecule has 0 spiro atoms. The van der Waals surface area contributed by atoms with Gasteiger partial charge in [0.05, 0.1) is 0 Å². The lowest BCUT2D eigenvalue weighted by Crippen LogP contribution is -1.96. The van der Waals surface area contributed by atoms with Crippen LogP contribution in [0.25, 0.3) is 11.1 Å². The van der Waals surface area contributed by atoms with Crippen molar-refractivity contribution in [3.63, 3.8) is 0 Å². The zero-order chi connectivity index (χ0) is 13.0. The highest BCUT2D eigenvalue weighted by molar-refractivity contribution is 5.68. The number of rotatable bonds is 4. The summed E-state index contributed by atoms with van der Waals surface area (Å²) in [5.74, 6) is 0. The normalized spacial score (nSPS) is 10.6. The van der Waals surface area contributed by atoms with Crippen molar-refractivity contribution in [3.8, 4) is 11.1 Å². The molecular formula is C17H21N. The quantitative estimate of drug-likeness (QED) is 0.859. The molecule has 0 amide bonds. The van der Waals surface area contributed by atoms with Crippen molar-refractivity contribution in [2.45, 2.75) is 33.2 Å². The van der Waals surface area contributed by atoms with Crippen molar-refractivity contribution in [1.82, 2.24) is 0 Å². The minimum absolute atomic E-state index is 0.607. The maximum Gasteiger partial charge on any atom is 0.0178 e. The molecule has 2 aromatic rings. The van der Waals surface area contributed by atoms with Gasteiger partial charge in [-0.3, -0.25) is 0 Å². The van der Waals surface area contributed by atoms with Gasteiger partial charge >= 0.3 is 0 Å². The van der Waals surface area contributed by atoms with Gasteiger partial charge < -0.3 is 5.73 Å². The molecule has 0 saturated carbocycles. The second-order valence-electron chi connectivity index (χ2n) is 4.60. The van der Waals surface area contributed by atoms with E-state index in [1.807, 2.05) is 0 Å². The summed E-state index contributed by atoms with van der Waals surface area (Å²) in [7, 11) is 0. The fourth-order valence-corrected chi connectivity index (χ4v) is 2.24. The number of aryl methyl sites for hydroxylation is 2. The smallest absolute Gasteiger partial charge is 0.0178 e. The molecule has 0 heterocycles. The van der Waals surface area contributed by atoms with Gasteiger partial charge in [0.1, 0.15) is 0 Å². The summed E-state index contributed by atoms with van der Waals surface area (Å²) in [5, 5.41) is 0. The van der Waals surface area contributed by atoms with Crippen molar-refractivity contribution < 1.29 is 0 Å². The molecule has 0 saturated heterocycles. The number of nitrogens with two attached hydrogens (primary N) is 1. The molecule has 0 atom stereocenters. The average Bonchev–Trinajstić information content (AvgIpc) is 2.46. The molecule has 2 rings (SSSR count). The van der Waals surface area contributed by atoms with Gasteiger partial charge in [0.25, 0.3) is 0 Å². The summed E-state index contributed by atoms with van der Waals surface area (Å²) in [6, 6.07) is 15.4. The Bertz CT molecular complexity index is 512. The molecule has 1 heteroatoms. The first-order valence-electron chi connectivity index (χ1n) is 6.69. The summed E-state index contributed by atoms with van der Waals surface area (Å²) < 4.78 is 0. The largest absolute Gasteiger partial charge is 0.326 e. The van der Waals surface area contributed by atoms with Gasteiger partial charge in [-0.25, -0.2) is 0 Å². The Morgan fingerprint density at radius 3 is 2.06 bits per heavy atom. The average molecular weight is 239 g/mol. The van der Waals surface area contributed by atoms with E-state index >= 15 is 0 Å². The molecule has 18 heavy (non-hydrogen) atoms. The molecule has 2 aromatic carbocycles. The van der Waals surface area contributed by atoms with Crippen LogP contribution in [0.5, 0.6) is 0 Å². The zero-order valence-corrected chi connectivity index (χ0v) is 11.2. The summed E-state index contributed by atoms with van der Waals surface area (Å²) in [6.45, 7) is 5.01. The first kappa shape index (κ1) is 12.8. The van der Waals surface area contributed by atoms with Crippen molar-refractivity contribution in [1.29, 1.82) is 0 Å². The molecule has 0 aliphatic rings. The van der Waals surface area contributed by atoms with E-state index in [1.165, 1.54) is 27.8 Å². The Hall–Kier alpha value is -1.60. The molecule has 2 N–H and O–H groups in total. The third-order valence-corrected chi connectivity index (χ3v) is 3.46. The highest BCUT2D eigenvalue weighted by Gasteiger charge is 2.05. The first-order valence-corrected chi connectivity index (χ1v) is 6.69. The maximum absolute atomic E-state index is 5.64. The van der Waals surface area contributed by atoms with Gasteiger partial charge in [-0.05, 0) is 40.7 Å². The van der Waals surface area contributed by atoms with Crippen molar-refractivity contribution in [2.75, 3.05) is 0 Å². The standard InChI is InChI=1S/C17H21N/c1-3-13-5-8-15(4-2)17(11-13)16-9-6-14(12-18)7-10-16/h5-11H,3-4,12,18H2,1-2H3. The highest BCUT2D eigenvalue weighted by Crippen LogP contribution is 2.26. The number of benzene rings is 2. The lowest BCUT2D eigenvalue weighted by atomic mass is 9.94. The second-order valence-corrected chi connectivity index (χ2v) is 4.60. The van der Waals surface area contributed by atoms with Crippen LogP contribution in [-0.2, 0) is 19.4 Å². The van der Waals surface area contributed by atoms with Crippen LogP contribution in [0.4, 0.5) is 0 Å². The molecule has 0 unspecified atom stereocenters. The van der Waals surface area contributed by atoms with Crippen molar-refractivity contribution in [2.24, 2.45) is 5.73 Å². The summed E-state index contributed by atoms with van der Waals surface area (Å²) in [5.41, 5.74) is 12.3. The maximum atomic E-state index is 5.64. The summed E-state index contributed by atoms with van der Waals surface area (Å²) in [4.78, 5) is 0. The predicted octanol–water partition coefficient (Wildman–Crippen LogP) is 3.94.